The van der Waals surface area contributed by atoms with Crippen molar-refractivity contribution in [1.82, 2.24) is 4.98 Å². The normalized spacial score (nSPS) is 12.1. The van der Waals surface area contributed by atoms with Crippen molar-refractivity contribution in [3.63, 3.8) is 0 Å². The van der Waals surface area contributed by atoms with Crippen molar-refractivity contribution in [1.29, 1.82) is 0 Å². The Morgan fingerprint density at radius 2 is 1.73 bits per heavy atom. The van der Waals surface area contributed by atoms with E-state index in [1.54, 1.807) is 6.20 Å². The van der Waals surface area contributed by atoms with E-state index in [1.807, 2.05) is 48.5 Å². The SMILES string of the molecule is PC(Nc1ccccc1)c1ccccn1. The molecule has 0 radical (unpaired) electrons. The number of pyridine rings is 1. The molecule has 0 fully saturated rings. The Morgan fingerprint density at radius 1 is 1.00 bits per heavy atom. The van der Waals surface area contributed by atoms with Gasteiger partial charge in [0.05, 0.1) is 11.5 Å². The molecule has 0 saturated heterocycles. The second-order valence-corrected chi connectivity index (χ2v) is 3.91. The van der Waals surface area contributed by atoms with Crippen LogP contribution in [0, 0.1) is 0 Å². The number of hydrogen-bond donors (Lipinski definition) is 1. The summed E-state index contributed by atoms with van der Waals surface area (Å²) in [6, 6.07) is 16.0. The predicted molar refractivity (Wildman–Crippen MR) is 66.8 cm³/mol. The molecule has 2 unspecified atom stereocenters. The lowest BCUT2D eigenvalue weighted by molar-refractivity contribution is 1.02. The van der Waals surface area contributed by atoms with Gasteiger partial charge in [-0.2, -0.15) is 0 Å². The van der Waals surface area contributed by atoms with E-state index in [1.165, 1.54) is 0 Å². The summed E-state index contributed by atoms with van der Waals surface area (Å²) in [5, 5.41) is 3.36. The lowest BCUT2D eigenvalue weighted by Gasteiger charge is -2.14. The second-order valence-electron chi connectivity index (χ2n) is 3.24. The van der Waals surface area contributed by atoms with Crippen LogP contribution in [0.25, 0.3) is 0 Å². The zero-order chi connectivity index (χ0) is 10.5. The van der Waals surface area contributed by atoms with Gasteiger partial charge in [-0.1, -0.05) is 24.3 Å². The molecule has 15 heavy (non-hydrogen) atoms. The molecule has 0 amide bonds. The zero-order valence-electron chi connectivity index (χ0n) is 8.30. The van der Waals surface area contributed by atoms with Gasteiger partial charge in [-0.25, -0.2) is 0 Å². The molecular formula is C12H13N2P. The summed E-state index contributed by atoms with van der Waals surface area (Å²) in [4.78, 5) is 4.29. The van der Waals surface area contributed by atoms with Crippen molar-refractivity contribution in [2.75, 3.05) is 5.32 Å². The third kappa shape index (κ3) is 2.77. The second kappa shape index (κ2) is 4.90. The number of hydrogen-bond acceptors (Lipinski definition) is 2. The molecule has 1 N–H and O–H groups in total. The molecule has 0 aliphatic rings. The monoisotopic (exact) mass is 216 g/mol. The van der Waals surface area contributed by atoms with Crippen molar-refractivity contribution < 1.29 is 0 Å². The minimum absolute atomic E-state index is 0.147. The number of nitrogens with zero attached hydrogens (tertiary/aromatic N) is 1. The highest BCUT2D eigenvalue weighted by Crippen LogP contribution is 2.22. The Labute approximate surface area is 92.0 Å². The summed E-state index contributed by atoms with van der Waals surface area (Å²) >= 11 is 0. The van der Waals surface area contributed by atoms with E-state index in [9.17, 15) is 0 Å². The number of para-hydroxylation sites is 1. The van der Waals surface area contributed by atoms with Crippen molar-refractivity contribution >= 4 is 14.9 Å². The molecule has 1 aromatic carbocycles. The minimum Gasteiger partial charge on any atom is -0.373 e. The minimum atomic E-state index is 0.147. The lowest BCUT2D eigenvalue weighted by atomic mass is 10.3. The van der Waals surface area contributed by atoms with E-state index < -0.39 is 0 Å². The van der Waals surface area contributed by atoms with E-state index >= 15 is 0 Å². The largest absolute Gasteiger partial charge is 0.373 e. The summed E-state index contributed by atoms with van der Waals surface area (Å²) in [5.41, 5.74) is 2.12. The zero-order valence-corrected chi connectivity index (χ0v) is 9.45. The third-order valence-corrected chi connectivity index (χ3v) is 2.61. The van der Waals surface area contributed by atoms with Crippen molar-refractivity contribution in [2.45, 2.75) is 5.78 Å². The topological polar surface area (TPSA) is 24.9 Å². The number of aromatic nitrogens is 1. The summed E-state index contributed by atoms with van der Waals surface area (Å²) < 4.78 is 0. The molecule has 76 valence electrons. The molecule has 1 aromatic heterocycles. The van der Waals surface area contributed by atoms with Crippen LogP contribution in [0.5, 0.6) is 0 Å². The highest BCUT2D eigenvalue weighted by molar-refractivity contribution is 7.17. The van der Waals surface area contributed by atoms with Crippen molar-refractivity contribution in [3.05, 3.63) is 60.4 Å². The van der Waals surface area contributed by atoms with Gasteiger partial charge in [0.15, 0.2) is 0 Å². The Kier molecular flexibility index (Phi) is 3.31. The quantitative estimate of drug-likeness (QED) is 0.797. The van der Waals surface area contributed by atoms with E-state index in [0.717, 1.165) is 11.4 Å². The Morgan fingerprint density at radius 3 is 2.40 bits per heavy atom. The van der Waals surface area contributed by atoms with E-state index in [2.05, 4.69) is 19.5 Å². The fourth-order valence-corrected chi connectivity index (χ4v) is 1.74. The molecule has 3 heteroatoms. The summed E-state index contributed by atoms with van der Waals surface area (Å²) in [6.45, 7) is 0. The molecule has 2 nitrogen and oxygen atoms in total. The highest BCUT2D eigenvalue weighted by atomic mass is 31.0. The molecule has 0 bridgehead atoms. The van der Waals surface area contributed by atoms with Gasteiger partial charge in [0.25, 0.3) is 0 Å². The Bertz CT molecular complexity index is 402. The summed E-state index contributed by atoms with van der Waals surface area (Å²) in [7, 11) is 2.75. The van der Waals surface area contributed by atoms with E-state index in [4.69, 9.17) is 0 Å². The smallest absolute Gasteiger partial charge is 0.0822 e. The molecule has 2 atom stereocenters. The Balaban J connectivity index is 2.08. The standard InChI is InChI=1S/C12H13N2P/c15-12(11-8-4-5-9-13-11)14-10-6-2-1-3-7-10/h1-9,12,14H,15H2. The predicted octanol–water partition coefficient (Wildman–Crippen LogP) is 3.07. The van der Waals surface area contributed by atoms with Crippen LogP contribution in [0.1, 0.15) is 11.5 Å². The lowest BCUT2D eigenvalue weighted by Crippen LogP contribution is -2.04. The van der Waals surface area contributed by atoms with Gasteiger partial charge in [-0.05, 0) is 24.3 Å². The van der Waals surface area contributed by atoms with Crippen molar-refractivity contribution in [3.8, 4) is 0 Å². The molecule has 1 heterocycles. The number of anilines is 1. The number of rotatable bonds is 3. The average Bonchev–Trinajstić information content (AvgIpc) is 2.31. The van der Waals surface area contributed by atoms with E-state index in [0.29, 0.717) is 0 Å². The third-order valence-electron chi connectivity index (χ3n) is 2.10. The molecule has 0 aliphatic carbocycles. The van der Waals surface area contributed by atoms with Crippen molar-refractivity contribution in [2.24, 2.45) is 0 Å². The van der Waals surface area contributed by atoms with Crippen LogP contribution in [-0.4, -0.2) is 4.98 Å². The van der Waals surface area contributed by atoms with Gasteiger partial charge in [0, 0.05) is 11.9 Å². The summed E-state index contributed by atoms with van der Waals surface area (Å²) in [6.07, 6.45) is 1.80. The maximum atomic E-state index is 4.29. The summed E-state index contributed by atoms with van der Waals surface area (Å²) in [5.74, 6) is 0.147. The first-order chi connectivity index (χ1) is 7.36. The number of nitrogens with one attached hydrogen (secondary N) is 1. The van der Waals surface area contributed by atoms with Gasteiger partial charge in [0.1, 0.15) is 0 Å². The molecule has 2 aromatic rings. The van der Waals surface area contributed by atoms with Gasteiger partial charge in [0.2, 0.25) is 0 Å². The van der Waals surface area contributed by atoms with Crippen LogP contribution >= 0.6 is 9.24 Å². The van der Waals surface area contributed by atoms with Crippen LogP contribution < -0.4 is 5.32 Å². The highest BCUT2D eigenvalue weighted by Gasteiger charge is 2.04. The molecule has 0 spiro atoms. The first kappa shape index (κ1) is 10.1. The molecular weight excluding hydrogens is 203 g/mol. The van der Waals surface area contributed by atoms with Crippen LogP contribution in [0.3, 0.4) is 0 Å². The van der Waals surface area contributed by atoms with Crippen LogP contribution in [0.4, 0.5) is 5.69 Å². The van der Waals surface area contributed by atoms with Gasteiger partial charge in [-0.15, -0.1) is 9.24 Å². The Hall–Kier alpha value is -1.40. The fraction of sp³-hybridized carbons (Fsp3) is 0.0833. The molecule has 0 aliphatic heterocycles. The van der Waals surface area contributed by atoms with Gasteiger partial charge in [-0.3, -0.25) is 4.98 Å². The van der Waals surface area contributed by atoms with E-state index in [-0.39, 0.29) is 5.78 Å². The van der Waals surface area contributed by atoms with Crippen LogP contribution in [0.15, 0.2) is 54.7 Å². The fourth-order valence-electron chi connectivity index (χ4n) is 1.35. The molecule has 2 rings (SSSR count). The number of benzene rings is 1. The van der Waals surface area contributed by atoms with Gasteiger partial charge < -0.3 is 5.32 Å². The first-order valence-corrected chi connectivity index (χ1v) is 5.51. The van der Waals surface area contributed by atoms with Crippen LogP contribution in [0.2, 0.25) is 0 Å². The molecule has 0 saturated carbocycles. The van der Waals surface area contributed by atoms with Gasteiger partial charge >= 0.3 is 0 Å². The maximum absolute atomic E-state index is 4.29. The first-order valence-electron chi connectivity index (χ1n) is 4.84. The maximum Gasteiger partial charge on any atom is 0.0822 e. The average molecular weight is 216 g/mol. The van der Waals surface area contributed by atoms with Crippen LogP contribution in [-0.2, 0) is 0 Å².